The SMILES string of the molecule is COCCS(=O)(=O)c1ccc(C(=O)NC(c2ccc(Cl)cc2)c2ccsc2)cc1. The zero-order valence-corrected chi connectivity index (χ0v) is 18.1. The number of carbonyl (C=O) groups excluding carboxylic acids is 1. The van der Waals surface area contributed by atoms with Crippen molar-refractivity contribution < 1.29 is 17.9 Å². The molecule has 0 saturated carbocycles. The first kappa shape index (κ1) is 21.5. The van der Waals surface area contributed by atoms with Gasteiger partial charge in [-0.1, -0.05) is 23.7 Å². The van der Waals surface area contributed by atoms with E-state index in [2.05, 4.69) is 5.32 Å². The third kappa shape index (κ3) is 5.45. The van der Waals surface area contributed by atoms with Crippen LogP contribution >= 0.6 is 22.9 Å². The predicted octanol–water partition coefficient (Wildman–Crippen LogP) is 4.34. The fourth-order valence-electron chi connectivity index (χ4n) is 2.79. The Morgan fingerprint density at radius 3 is 2.34 bits per heavy atom. The number of carbonyl (C=O) groups is 1. The van der Waals surface area contributed by atoms with Gasteiger partial charge in [-0.2, -0.15) is 11.3 Å². The number of methoxy groups -OCH3 is 1. The highest BCUT2D eigenvalue weighted by atomic mass is 35.5. The van der Waals surface area contributed by atoms with E-state index in [1.807, 2.05) is 29.0 Å². The fourth-order valence-corrected chi connectivity index (χ4v) is 4.78. The normalized spacial score (nSPS) is 12.5. The Morgan fingerprint density at radius 2 is 1.76 bits per heavy atom. The van der Waals surface area contributed by atoms with Gasteiger partial charge in [-0.3, -0.25) is 4.79 Å². The Hall–Kier alpha value is -2.19. The molecule has 0 fully saturated rings. The molecule has 3 aromatic rings. The quantitative estimate of drug-likeness (QED) is 0.555. The molecule has 29 heavy (non-hydrogen) atoms. The van der Waals surface area contributed by atoms with Crippen molar-refractivity contribution >= 4 is 38.7 Å². The first-order valence-corrected chi connectivity index (χ1v) is 11.8. The van der Waals surface area contributed by atoms with Crippen LogP contribution < -0.4 is 5.32 Å². The molecule has 0 saturated heterocycles. The van der Waals surface area contributed by atoms with Crippen LogP contribution in [-0.2, 0) is 14.6 Å². The van der Waals surface area contributed by atoms with E-state index in [0.717, 1.165) is 11.1 Å². The van der Waals surface area contributed by atoms with Gasteiger partial charge in [-0.05, 0) is 64.4 Å². The van der Waals surface area contributed by atoms with Crippen molar-refractivity contribution in [3.8, 4) is 0 Å². The van der Waals surface area contributed by atoms with Crippen molar-refractivity contribution in [1.29, 1.82) is 0 Å². The molecular formula is C21H20ClNO4S2. The maximum absolute atomic E-state index is 12.8. The lowest BCUT2D eigenvalue weighted by Crippen LogP contribution is -2.29. The lowest BCUT2D eigenvalue weighted by atomic mass is 10.0. The highest BCUT2D eigenvalue weighted by Crippen LogP contribution is 2.26. The second-order valence-electron chi connectivity index (χ2n) is 6.35. The maximum atomic E-state index is 12.8. The highest BCUT2D eigenvalue weighted by Gasteiger charge is 2.19. The van der Waals surface area contributed by atoms with Gasteiger partial charge in [0.1, 0.15) is 0 Å². The average Bonchev–Trinajstić information content (AvgIpc) is 3.26. The van der Waals surface area contributed by atoms with Gasteiger partial charge in [0.15, 0.2) is 9.84 Å². The molecule has 0 aliphatic carbocycles. The van der Waals surface area contributed by atoms with Crippen LogP contribution in [0, 0.1) is 0 Å². The highest BCUT2D eigenvalue weighted by molar-refractivity contribution is 7.91. The zero-order chi connectivity index (χ0) is 20.9. The summed E-state index contributed by atoms with van der Waals surface area (Å²) in [5.41, 5.74) is 2.24. The van der Waals surface area contributed by atoms with Crippen LogP contribution in [0.15, 0.2) is 70.3 Å². The molecule has 1 heterocycles. The number of rotatable bonds is 8. The Morgan fingerprint density at radius 1 is 1.07 bits per heavy atom. The summed E-state index contributed by atoms with van der Waals surface area (Å²) in [6.45, 7) is 0.119. The standard InChI is InChI=1S/C21H20ClNO4S2/c1-27-11-13-29(25,26)19-8-4-16(5-9-19)21(24)23-20(17-10-12-28-14-17)15-2-6-18(22)7-3-15/h2-10,12,14,20H,11,13H2,1H3,(H,23,24). The van der Waals surface area contributed by atoms with Gasteiger partial charge in [-0.25, -0.2) is 8.42 Å². The second kappa shape index (κ2) is 9.54. The zero-order valence-electron chi connectivity index (χ0n) is 15.7. The molecule has 1 atom stereocenters. The molecule has 1 N–H and O–H groups in total. The van der Waals surface area contributed by atoms with Crippen molar-refractivity contribution in [2.45, 2.75) is 10.9 Å². The Bertz CT molecular complexity index is 1050. The number of halogens is 1. The lowest BCUT2D eigenvalue weighted by molar-refractivity contribution is 0.0943. The number of thiophene rings is 1. The second-order valence-corrected chi connectivity index (χ2v) is 9.68. The minimum atomic E-state index is -3.44. The first-order valence-electron chi connectivity index (χ1n) is 8.81. The summed E-state index contributed by atoms with van der Waals surface area (Å²) < 4.78 is 29.3. The third-order valence-corrected chi connectivity index (χ3v) is 7.04. The summed E-state index contributed by atoms with van der Waals surface area (Å²) >= 11 is 7.53. The molecule has 0 aliphatic rings. The van der Waals surface area contributed by atoms with Gasteiger partial charge in [0.2, 0.25) is 0 Å². The smallest absolute Gasteiger partial charge is 0.252 e. The predicted molar refractivity (Wildman–Crippen MR) is 115 cm³/mol. The summed E-state index contributed by atoms with van der Waals surface area (Å²) in [6.07, 6.45) is 0. The van der Waals surface area contributed by atoms with Crippen molar-refractivity contribution in [2.24, 2.45) is 0 Å². The van der Waals surface area contributed by atoms with Gasteiger partial charge < -0.3 is 10.1 Å². The molecule has 0 spiro atoms. The number of benzene rings is 2. The minimum absolute atomic E-state index is 0.105. The third-order valence-electron chi connectivity index (χ3n) is 4.39. The van der Waals surface area contributed by atoms with E-state index in [-0.39, 0.29) is 29.2 Å². The van der Waals surface area contributed by atoms with E-state index in [1.165, 1.54) is 31.4 Å². The summed E-state index contributed by atoms with van der Waals surface area (Å²) in [6, 6.07) is 14.8. The fraction of sp³-hybridized carbons (Fsp3) is 0.190. The minimum Gasteiger partial charge on any atom is -0.384 e. The first-order chi connectivity index (χ1) is 13.9. The van der Waals surface area contributed by atoms with Gasteiger partial charge in [-0.15, -0.1) is 0 Å². The van der Waals surface area contributed by atoms with Crippen LogP contribution in [0.4, 0.5) is 0 Å². The van der Waals surface area contributed by atoms with Crippen molar-refractivity contribution in [3.63, 3.8) is 0 Å². The van der Waals surface area contributed by atoms with Crippen LogP contribution in [0.2, 0.25) is 5.02 Å². The summed E-state index contributed by atoms with van der Waals surface area (Å²) in [7, 11) is -1.99. The van der Waals surface area contributed by atoms with Gasteiger partial charge >= 0.3 is 0 Å². The summed E-state index contributed by atoms with van der Waals surface area (Å²) in [4.78, 5) is 13.0. The molecule has 0 aliphatic heterocycles. The number of hydrogen-bond donors (Lipinski definition) is 1. The van der Waals surface area contributed by atoms with Gasteiger partial charge in [0, 0.05) is 17.7 Å². The van der Waals surface area contributed by atoms with E-state index >= 15 is 0 Å². The average molecular weight is 450 g/mol. The summed E-state index contributed by atoms with van der Waals surface area (Å²) in [5, 5.41) is 7.56. The van der Waals surface area contributed by atoms with Crippen molar-refractivity contribution in [3.05, 3.63) is 87.1 Å². The molecule has 1 unspecified atom stereocenters. The van der Waals surface area contributed by atoms with E-state index in [4.69, 9.17) is 16.3 Å². The Balaban J connectivity index is 1.80. The Labute approximate surface area is 179 Å². The van der Waals surface area contributed by atoms with Crippen LogP contribution in [0.5, 0.6) is 0 Å². The van der Waals surface area contributed by atoms with Crippen LogP contribution in [0.1, 0.15) is 27.5 Å². The topological polar surface area (TPSA) is 72.5 Å². The van der Waals surface area contributed by atoms with Crippen LogP contribution in [0.3, 0.4) is 0 Å². The van der Waals surface area contributed by atoms with E-state index in [0.29, 0.717) is 10.6 Å². The lowest BCUT2D eigenvalue weighted by Gasteiger charge is -2.19. The molecular weight excluding hydrogens is 430 g/mol. The molecule has 1 amide bonds. The molecule has 3 rings (SSSR count). The largest absolute Gasteiger partial charge is 0.384 e. The molecule has 8 heteroatoms. The van der Waals surface area contributed by atoms with E-state index in [9.17, 15) is 13.2 Å². The molecule has 1 aromatic heterocycles. The molecule has 2 aromatic carbocycles. The van der Waals surface area contributed by atoms with Gasteiger partial charge in [0.05, 0.1) is 23.3 Å². The number of amides is 1. The van der Waals surface area contributed by atoms with Crippen LogP contribution in [-0.4, -0.2) is 33.8 Å². The van der Waals surface area contributed by atoms with Crippen molar-refractivity contribution in [1.82, 2.24) is 5.32 Å². The van der Waals surface area contributed by atoms with Crippen molar-refractivity contribution in [2.75, 3.05) is 19.5 Å². The molecule has 0 bridgehead atoms. The number of hydrogen-bond acceptors (Lipinski definition) is 5. The van der Waals surface area contributed by atoms with Crippen LogP contribution in [0.25, 0.3) is 0 Å². The summed E-state index contributed by atoms with van der Waals surface area (Å²) in [5.74, 6) is -0.400. The number of sulfone groups is 1. The monoisotopic (exact) mass is 449 g/mol. The maximum Gasteiger partial charge on any atom is 0.252 e. The van der Waals surface area contributed by atoms with Gasteiger partial charge in [0.25, 0.3) is 5.91 Å². The number of ether oxygens (including phenoxy) is 1. The number of nitrogens with one attached hydrogen (secondary N) is 1. The van der Waals surface area contributed by atoms with E-state index < -0.39 is 9.84 Å². The Kier molecular flexibility index (Phi) is 7.08. The molecule has 152 valence electrons. The molecule has 5 nitrogen and oxygen atoms in total. The van der Waals surface area contributed by atoms with E-state index in [1.54, 1.807) is 23.5 Å². The molecule has 0 radical (unpaired) electrons.